The molecule has 2 aliphatic rings. The lowest BCUT2D eigenvalue weighted by molar-refractivity contribution is 0.194. The zero-order chi connectivity index (χ0) is 15.0. The molecular formula is C18H22ClN3. The van der Waals surface area contributed by atoms with Crippen molar-refractivity contribution in [3.05, 3.63) is 41.0 Å². The van der Waals surface area contributed by atoms with E-state index in [0.29, 0.717) is 5.41 Å². The number of hydrogen-bond donors (Lipinski definition) is 1. The lowest BCUT2D eigenvalue weighted by atomic mass is 9.78. The second kappa shape index (κ2) is 5.80. The van der Waals surface area contributed by atoms with Gasteiger partial charge in [0.1, 0.15) is 0 Å². The average molecular weight is 316 g/mol. The van der Waals surface area contributed by atoms with Crippen molar-refractivity contribution in [1.29, 1.82) is 0 Å². The van der Waals surface area contributed by atoms with Crippen LogP contribution in [0.4, 0.5) is 0 Å². The fourth-order valence-corrected chi connectivity index (χ4v) is 4.30. The van der Waals surface area contributed by atoms with E-state index in [9.17, 15) is 0 Å². The first-order valence-electron chi connectivity index (χ1n) is 8.21. The Labute approximate surface area is 136 Å². The molecule has 3 nitrogen and oxygen atoms in total. The van der Waals surface area contributed by atoms with Crippen LogP contribution >= 0.6 is 11.6 Å². The number of fused-ring (bicyclic) bond motifs is 1. The van der Waals surface area contributed by atoms with Gasteiger partial charge in [0.2, 0.25) is 0 Å². The largest absolute Gasteiger partial charge is 0.317 e. The van der Waals surface area contributed by atoms with Crippen molar-refractivity contribution in [2.24, 2.45) is 5.41 Å². The summed E-state index contributed by atoms with van der Waals surface area (Å²) in [6.45, 7) is 5.64. The second-order valence-electron chi connectivity index (χ2n) is 6.81. The summed E-state index contributed by atoms with van der Waals surface area (Å²) in [5.74, 6) is 0. The molecule has 3 heterocycles. The highest BCUT2D eigenvalue weighted by Gasteiger charge is 2.38. The van der Waals surface area contributed by atoms with Gasteiger partial charge in [0.15, 0.2) is 0 Å². The van der Waals surface area contributed by atoms with Gasteiger partial charge in [-0.15, -0.1) is 0 Å². The van der Waals surface area contributed by atoms with Gasteiger partial charge in [-0.05, 0) is 56.4 Å². The maximum Gasteiger partial charge on any atom is 0.0761 e. The maximum atomic E-state index is 6.48. The van der Waals surface area contributed by atoms with Crippen LogP contribution in [-0.4, -0.2) is 36.1 Å². The predicted octanol–water partition coefficient (Wildman–Crippen LogP) is 3.46. The lowest BCUT2D eigenvalue weighted by Gasteiger charge is -2.34. The molecule has 0 unspecified atom stereocenters. The molecule has 0 atom stereocenters. The van der Waals surface area contributed by atoms with Gasteiger partial charge >= 0.3 is 0 Å². The van der Waals surface area contributed by atoms with Crippen LogP contribution in [0.5, 0.6) is 0 Å². The van der Waals surface area contributed by atoms with Gasteiger partial charge in [0, 0.05) is 35.3 Å². The van der Waals surface area contributed by atoms with Crippen molar-refractivity contribution in [2.75, 3.05) is 26.2 Å². The van der Waals surface area contributed by atoms with E-state index >= 15 is 0 Å². The molecule has 0 radical (unpaired) electrons. The Hall–Kier alpha value is -1.16. The van der Waals surface area contributed by atoms with Crippen molar-refractivity contribution in [1.82, 2.24) is 15.2 Å². The van der Waals surface area contributed by atoms with Gasteiger partial charge in [0.05, 0.1) is 5.52 Å². The van der Waals surface area contributed by atoms with E-state index in [1.54, 1.807) is 0 Å². The maximum absolute atomic E-state index is 6.48. The van der Waals surface area contributed by atoms with Crippen LogP contribution in [0.25, 0.3) is 10.9 Å². The molecule has 1 aromatic carbocycles. The molecular weight excluding hydrogens is 294 g/mol. The third kappa shape index (κ3) is 2.62. The number of nitrogens with one attached hydrogen (secondary N) is 1. The third-order valence-electron chi connectivity index (χ3n) is 5.39. The molecule has 1 N–H and O–H groups in total. The normalized spacial score (nSPS) is 21.7. The fourth-order valence-electron chi connectivity index (χ4n) is 4.08. The van der Waals surface area contributed by atoms with Crippen LogP contribution in [0.15, 0.2) is 30.5 Å². The minimum Gasteiger partial charge on any atom is -0.317 e. The summed E-state index contributed by atoms with van der Waals surface area (Å²) in [5, 5.41) is 5.51. The summed E-state index contributed by atoms with van der Waals surface area (Å²) in [7, 11) is 0. The molecule has 2 saturated heterocycles. The van der Waals surface area contributed by atoms with Gasteiger partial charge in [-0.2, -0.15) is 0 Å². The van der Waals surface area contributed by atoms with Crippen molar-refractivity contribution < 1.29 is 0 Å². The molecule has 0 amide bonds. The van der Waals surface area contributed by atoms with Crippen LogP contribution in [0.2, 0.25) is 5.02 Å². The Kier molecular flexibility index (Phi) is 3.81. The molecule has 1 aromatic heterocycles. The van der Waals surface area contributed by atoms with Crippen molar-refractivity contribution in [2.45, 2.75) is 25.8 Å². The van der Waals surface area contributed by atoms with E-state index in [1.165, 1.54) is 56.4 Å². The van der Waals surface area contributed by atoms with Gasteiger partial charge in [0.25, 0.3) is 0 Å². The molecule has 2 aliphatic heterocycles. The molecule has 0 aliphatic carbocycles. The summed E-state index contributed by atoms with van der Waals surface area (Å²) < 4.78 is 0. The Morgan fingerprint density at radius 1 is 1.18 bits per heavy atom. The molecule has 2 fully saturated rings. The summed E-state index contributed by atoms with van der Waals surface area (Å²) >= 11 is 6.48. The zero-order valence-electron chi connectivity index (χ0n) is 12.8. The predicted molar refractivity (Wildman–Crippen MR) is 91.2 cm³/mol. The SMILES string of the molecule is Clc1ccc2cccnc2c1CN1CCC2(CCNCC2)C1. The molecule has 4 heteroatoms. The Balaban J connectivity index is 1.58. The highest BCUT2D eigenvalue weighted by atomic mass is 35.5. The summed E-state index contributed by atoms with van der Waals surface area (Å²) in [5.41, 5.74) is 2.78. The van der Waals surface area contributed by atoms with Crippen LogP contribution in [0, 0.1) is 5.41 Å². The van der Waals surface area contributed by atoms with Crippen LogP contribution < -0.4 is 5.32 Å². The van der Waals surface area contributed by atoms with Crippen molar-refractivity contribution >= 4 is 22.5 Å². The fraction of sp³-hybridized carbons (Fsp3) is 0.500. The van der Waals surface area contributed by atoms with E-state index in [-0.39, 0.29) is 0 Å². The molecule has 2 aromatic rings. The molecule has 116 valence electrons. The minimum atomic E-state index is 0.537. The number of rotatable bonds is 2. The number of halogens is 1. The van der Waals surface area contributed by atoms with Crippen LogP contribution in [0.1, 0.15) is 24.8 Å². The first-order valence-corrected chi connectivity index (χ1v) is 8.59. The molecule has 1 spiro atoms. The molecule has 0 bridgehead atoms. The van der Waals surface area contributed by atoms with Crippen LogP contribution in [-0.2, 0) is 6.54 Å². The number of piperidine rings is 1. The first-order chi connectivity index (χ1) is 10.8. The van der Waals surface area contributed by atoms with E-state index < -0.39 is 0 Å². The Morgan fingerprint density at radius 2 is 2.05 bits per heavy atom. The molecule has 22 heavy (non-hydrogen) atoms. The standard InChI is InChI=1S/C18H22ClN3/c19-16-4-3-14-2-1-8-21-17(14)15(16)12-22-11-7-18(13-22)5-9-20-10-6-18/h1-4,8,20H,5-7,9-13H2. The second-order valence-corrected chi connectivity index (χ2v) is 7.22. The highest BCUT2D eigenvalue weighted by molar-refractivity contribution is 6.32. The van der Waals surface area contributed by atoms with E-state index in [2.05, 4.69) is 27.3 Å². The smallest absolute Gasteiger partial charge is 0.0761 e. The molecule has 4 rings (SSSR count). The van der Waals surface area contributed by atoms with E-state index in [0.717, 1.165) is 17.1 Å². The topological polar surface area (TPSA) is 28.2 Å². The third-order valence-corrected chi connectivity index (χ3v) is 5.74. The summed E-state index contributed by atoms with van der Waals surface area (Å²) in [6.07, 6.45) is 5.81. The average Bonchev–Trinajstić information content (AvgIpc) is 2.93. The van der Waals surface area contributed by atoms with E-state index in [1.807, 2.05) is 18.3 Å². The van der Waals surface area contributed by atoms with E-state index in [4.69, 9.17) is 11.6 Å². The summed E-state index contributed by atoms with van der Waals surface area (Å²) in [4.78, 5) is 7.14. The Bertz CT molecular complexity index is 679. The number of pyridine rings is 1. The highest BCUT2D eigenvalue weighted by Crippen LogP contribution is 2.39. The number of hydrogen-bond acceptors (Lipinski definition) is 3. The van der Waals surface area contributed by atoms with Gasteiger partial charge in [-0.3, -0.25) is 9.88 Å². The van der Waals surface area contributed by atoms with Crippen LogP contribution in [0.3, 0.4) is 0 Å². The number of nitrogens with zero attached hydrogens (tertiary/aromatic N) is 2. The molecule has 0 saturated carbocycles. The Morgan fingerprint density at radius 3 is 2.91 bits per heavy atom. The summed E-state index contributed by atoms with van der Waals surface area (Å²) in [6, 6.07) is 8.17. The quantitative estimate of drug-likeness (QED) is 0.920. The van der Waals surface area contributed by atoms with Gasteiger partial charge in [-0.1, -0.05) is 23.7 Å². The monoisotopic (exact) mass is 315 g/mol. The zero-order valence-corrected chi connectivity index (χ0v) is 13.6. The lowest BCUT2D eigenvalue weighted by Crippen LogP contribution is -2.38. The number of aromatic nitrogens is 1. The number of benzene rings is 1. The number of likely N-dealkylation sites (tertiary alicyclic amines) is 1. The van der Waals surface area contributed by atoms with Crippen molar-refractivity contribution in [3.63, 3.8) is 0 Å². The van der Waals surface area contributed by atoms with Gasteiger partial charge in [-0.25, -0.2) is 0 Å². The van der Waals surface area contributed by atoms with Gasteiger partial charge < -0.3 is 5.32 Å². The first kappa shape index (κ1) is 14.4. The van der Waals surface area contributed by atoms with Crippen molar-refractivity contribution in [3.8, 4) is 0 Å². The minimum absolute atomic E-state index is 0.537.